The molecular formula is C19H30N2O6. The number of methoxy groups -OCH3 is 2. The number of rotatable bonds is 11. The second kappa shape index (κ2) is 10.4. The molecule has 0 spiro atoms. The predicted molar refractivity (Wildman–Crippen MR) is 96.5 cm³/mol. The standard InChI is InChI=1S/C19H30N2O6/c1-22-17(23-2)16-4-7-20-18(21-16)19(5-3-6-19)14-26-9-8-24-12-15-13-25-10-11-27-15/h4,7,15,17H,3,5-6,8-14H2,1-2H3. The van der Waals surface area contributed by atoms with Crippen molar-refractivity contribution in [1.82, 2.24) is 9.97 Å². The van der Waals surface area contributed by atoms with Crippen molar-refractivity contribution >= 4 is 0 Å². The van der Waals surface area contributed by atoms with Gasteiger partial charge < -0.3 is 28.4 Å². The number of aromatic nitrogens is 2. The van der Waals surface area contributed by atoms with Gasteiger partial charge in [-0.05, 0) is 18.9 Å². The van der Waals surface area contributed by atoms with Crippen molar-refractivity contribution in [3.8, 4) is 0 Å². The van der Waals surface area contributed by atoms with E-state index in [0.717, 1.165) is 30.8 Å². The van der Waals surface area contributed by atoms with Crippen LogP contribution in [0.4, 0.5) is 0 Å². The maximum atomic E-state index is 5.90. The van der Waals surface area contributed by atoms with E-state index < -0.39 is 6.29 Å². The second-order valence-corrected chi connectivity index (χ2v) is 6.94. The first kappa shape index (κ1) is 20.6. The molecule has 0 amide bonds. The molecule has 2 heterocycles. The highest BCUT2D eigenvalue weighted by Crippen LogP contribution is 2.42. The molecule has 0 aromatic carbocycles. The van der Waals surface area contributed by atoms with Crippen molar-refractivity contribution in [2.45, 2.75) is 37.1 Å². The third kappa shape index (κ3) is 5.43. The van der Waals surface area contributed by atoms with Crippen LogP contribution >= 0.6 is 0 Å². The van der Waals surface area contributed by atoms with Gasteiger partial charge in [-0.25, -0.2) is 9.97 Å². The zero-order valence-electron chi connectivity index (χ0n) is 16.2. The summed E-state index contributed by atoms with van der Waals surface area (Å²) in [6, 6.07) is 1.82. The maximum absolute atomic E-state index is 5.90. The lowest BCUT2D eigenvalue weighted by atomic mass is 9.68. The first-order valence-corrected chi connectivity index (χ1v) is 9.51. The van der Waals surface area contributed by atoms with Crippen LogP contribution in [-0.2, 0) is 33.8 Å². The average Bonchev–Trinajstić information content (AvgIpc) is 2.68. The molecule has 0 radical (unpaired) electrons. The van der Waals surface area contributed by atoms with Gasteiger partial charge in [0.1, 0.15) is 11.9 Å². The number of hydrogen-bond acceptors (Lipinski definition) is 8. The van der Waals surface area contributed by atoms with Gasteiger partial charge in [0.15, 0.2) is 0 Å². The van der Waals surface area contributed by atoms with E-state index in [-0.39, 0.29) is 11.5 Å². The molecule has 8 nitrogen and oxygen atoms in total. The lowest BCUT2D eigenvalue weighted by molar-refractivity contribution is -0.119. The molecule has 1 saturated carbocycles. The van der Waals surface area contributed by atoms with E-state index in [1.165, 1.54) is 0 Å². The molecule has 1 aliphatic carbocycles. The molecule has 1 saturated heterocycles. The minimum absolute atomic E-state index is 0.0300. The fourth-order valence-corrected chi connectivity index (χ4v) is 3.37. The molecular weight excluding hydrogens is 352 g/mol. The Morgan fingerprint density at radius 2 is 2.00 bits per heavy atom. The quantitative estimate of drug-likeness (QED) is 0.422. The van der Waals surface area contributed by atoms with Crippen molar-refractivity contribution in [2.75, 3.05) is 60.5 Å². The number of hydrogen-bond donors (Lipinski definition) is 0. The van der Waals surface area contributed by atoms with Gasteiger partial charge in [-0.15, -0.1) is 0 Å². The van der Waals surface area contributed by atoms with E-state index in [9.17, 15) is 0 Å². The highest BCUT2D eigenvalue weighted by molar-refractivity contribution is 5.16. The molecule has 8 heteroatoms. The van der Waals surface area contributed by atoms with Crippen LogP contribution in [0.15, 0.2) is 12.3 Å². The van der Waals surface area contributed by atoms with Crippen LogP contribution in [0.25, 0.3) is 0 Å². The van der Waals surface area contributed by atoms with Gasteiger partial charge in [-0.3, -0.25) is 0 Å². The third-order valence-corrected chi connectivity index (χ3v) is 5.07. The highest BCUT2D eigenvalue weighted by Gasteiger charge is 2.42. The van der Waals surface area contributed by atoms with Gasteiger partial charge in [0.25, 0.3) is 0 Å². The Kier molecular flexibility index (Phi) is 7.93. The SMILES string of the molecule is COC(OC)c1ccnc(C2(COCCOCC3COCCO3)CCC2)n1. The predicted octanol–water partition coefficient (Wildman–Crippen LogP) is 1.64. The van der Waals surface area contributed by atoms with Crippen LogP contribution in [0.2, 0.25) is 0 Å². The molecule has 1 aromatic rings. The van der Waals surface area contributed by atoms with Crippen LogP contribution in [0.5, 0.6) is 0 Å². The summed E-state index contributed by atoms with van der Waals surface area (Å²) in [5, 5.41) is 0. The summed E-state index contributed by atoms with van der Waals surface area (Å²) < 4.78 is 33.0. The van der Waals surface area contributed by atoms with Crippen LogP contribution in [0.3, 0.4) is 0 Å². The zero-order chi connectivity index (χ0) is 19.0. The van der Waals surface area contributed by atoms with Gasteiger partial charge in [0, 0.05) is 20.4 Å². The largest absolute Gasteiger partial charge is 0.378 e. The second-order valence-electron chi connectivity index (χ2n) is 6.94. The summed E-state index contributed by atoms with van der Waals surface area (Å²) in [5.41, 5.74) is 0.608. The average molecular weight is 382 g/mol. The minimum atomic E-state index is -0.482. The fourth-order valence-electron chi connectivity index (χ4n) is 3.37. The van der Waals surface area contributed by atoms with Crippen LogP contribution in [-0.4, -0.2) is 76.5 Å². The molecule has 1 aliphatic heterocycles. The van der Waals surface area contributed by atoms with Gasteiger partial charge in [-0.2, -0.15) is 0 Å². The first-order chi connectivity index (χ1) is 13.3. The van der Waals surface area contributed by atoms with E-state index in [0.29, 0.717) is 46.2 Å². The fraction of sp³-hybridized carbons (Fsp3) is 0.789. The Bertz CT molecular complexity index is 559. The molecule has 3 rings (SSSR count). The zero-order valence-corrected chi connectivity index (χ0v) is 16.2. The van der Waals surface area contributed by atoms with E-state index in [1.807, 2.05) is 6.07 Å². The molecule has 1 unspecified atom stereocenters. The monoisotopic (exact) mass is 382 g/mol. The van der Waals surface area contributed by atoms with Gasteiger partial charge in [0.2, 0.25) is 6.29 Å². The molecule has 1 aromatic heterocycles. The molecule has 1 atom stereocenters. The molecule has 27 heavy (non-hydrogen) atoms. The number of ether oxygens (including phenoxy) is 6. The van der Waals surface area contributed by atoms with Gasteiger partial charge in [0.05, 0.1) is 57.4 Å². The van der Waals surface area contributed by atoms with Crippen molar-refractivity contribution in [1.29, 1.82) is 0 Å². The van der Waals surface area contributed by atoms with Crippen LogP contribution < -0.4 is 0 Å². The van der Waals surface area contributed by atoms with Crippen molar-refractivity contribution in [3.05, 3.63) is 23.8 Å². The summed E-state index contributed by atoms with van der Waals surface area (Å²) >= 11 is 0. The van der Waals surface area contributed by atoms with Crippen LogP contribution in [0, 0.1) is 0 Å². The Hall–Kier alpha value is -1.16. The topological polar surface area (TPSA) is 81.2 Å². The summed E-state index contributed by atoms with van der Waals surface area (Å²) in [6.45, 7) is 4.10. The Balaban J connectivity index is 1.44. The molecule has 2 aliphatic rings. The first-order valence-electron chi connectivity index (χ1n) is 9.51. The Labute approximate surface area is 160 Å². The molecule has 0 N–H and O–H groups in total. The normalized spacial score (nSPS) is 22.0. The van der Waals surface area contributed by atoms with Gasteiger partial charge >= 0.3 is 0 Å². The van der Waals surface area contributed by atoms with Crippen molar-refractivity contribution in [2.24, 2.45) is 0 Å². The lowest BCUT2D eigenvalue weighted by Gasteiger charge is -2.40. The maximum Gasteiger partial charge on any atom is 0.200 e. The Morgan fingerprint density at radius 3 is 2.67 bits per heavy atom. The highest BCUT2D eigenvalue weighted by atomic mass is 16.7. The van der Waals surface area contributed by atoms with Crippen molar-refractivity contribution < 1.29 is 28.4 Å². The van der Waals surface area contributed by atoms with E-state index in [4.69, 9.17) is 28.4 Å². The molecule has 0 bridgehead atoms. The van der Waals surface area contributed by atoms with E-state index >= 15 is 0 Å². The Morgan fingerprint density at radius 1 is 1.19 bits per heavy atom. The van der Waals surface area contributed by atoms with Crippen molar-refractivity contribution in [3.63, 3.8) is 0 Å². The summed E-state index contributed by atoms with van der Waals surface area (Å²) in [7, 11) is 3.20. The van der Waals surface area contributed by atoms with Gasteiger partial charge in [-0.1, -0.05) is 6.42 Å². The third-order valence-electron chi connectivity index (χ3n) is 5.07. The summed E-state index contributed by atoms with van der Waals surface area (Å²) in [6.07, 6.45) is 4.51. The number of nitrogens with zero attached hydrogens (tertiary/aromatic N) is 2. The molecule has 2 fully saturated rings. The van der Waals surface area contributed by atoms with E-state index in [1.54, 1.807) is 20.4 Å². The van der Waals surface area contributed by atoms with E-state index in [2.05, 4.69) is 9.97 Å². The lowest BCUT2D eigenvalue weighted by Crippen LogP contribution is -2.41. The summed E-state index contributed by atoms with van der Waals surface area (Å²) in [4.78, 5) is 9.18. The smallest absolute Gasteiger partial charge is 0.200 e. The molecule has 152 valence electrons. The summed E-state index contributed by atoms with van der Waals surface area (Å²) in [5.74, 6) is 0.805. The van der Waals surface area contributed by atoms with Crippen LogP contribution in [0.1, 0.15) is 37.1 Å². The minimum Gasteiger partial charge on any atom is -0.378 e.